The summed E-state index contributed by atoms with van der Waals surface area (Å²) >= 11 is 0. The van der Waals surface area contributed by atoms with Gasteiger partial charge in [-0.3, -0.25) is 5.41 Å². The van der Waals surface area contributed by atoms with Crippen LogP contribution >= 0.6 is 0 Å². The summed E-state index contributed by atoms with van der Waals surface area (Å²) < 4.78 is 6.17. The molecule has 0 radical (unpaired) electrons. The van der Waals surface area contributed by atoms with E-state index in [0.29, 0.717) is 19.0 Å². The van der Waals surface area contributed by atoms with E-state index in [0.717, 1.165) is 64.9 Å². The fourth-order valence-electron chi connectivity index (χ4n) is 5.48. The molecule has 0 bridgehead atoms. The van der Waals surface area contributed by atoms with E-state index in [1.165, 1.54) is 12.0 Å². The molecule has 188 valence electrons. The van der Waals surface area contributed by atoms with E-state index in [-0.39, 0.29) is 0 Å². The lowest BCUT2D eigenvalue weighted by Crippen LogP contribution is -2.43. The molecule has 1 saturated heterocycles. The van der Waals surface area contributed by atoms with Crippen LogP contribution in [0.2, 0.25) is 0 Å². The fraction of sp³-hybridized carbons (Fsp3) is 0.517. The van der Waals surface area contributed by atoms with Gasteiger partial charge in [0.25, 0.3) is 0 Å². The van der Waals surface area contributed by atoms with Gasteiger partial charge in [-0.25, -0.2) is 4.79 Å². The number of benzene rings is 2. The standard InChI is InChI=1S/C29H39N3O3/c1-18-10-12-21(13-11-18)24-19(2)22-16-32(28(30)31-14-8-7-9-15-31)17-23(22)20(3)25(24)26(27(33)34)35-29(4,5)6/h10-13,26,30H,7-9,14-17H2,1-6H3,(H,33,34)/t26-/m0/s1. The van der Waals surface area contributed by atoms with Gasteiger partial charge in [-0.05, 0) is 94.2 Å². The Labute approximate surface area is 209 Å². The second kappa shape index (κ2) is 9.65. The van der Waals surface area contributed by atoms with Gasteiger partial charge < -0.3 is 19.6 Å². The average molecular weight is 478 g/mol. The van der Waals surface area contributed by atoms with Crippen molar-refractivity contribution in [3.63, 3.8) is 0 Å². The molecule has 35 heavy (non-hydrogen) atoms. The Balaban J connectivity index is 1.85. The number of carboxylic acids is 1. The largest absolute Gasteiger partial charge is 0.479 e. The van der Waals surface area contributed by atoms with Crippen LogP contribution in [-0.4, -0.2) is 45.5 Å². The number of nitrogens with one attached hydrogen (secondary N) is 1. The molecule has 0 unspecified atom stereocenters. The van der Waals surface area contributed by atoms with Crippen molar-refractivity contribution >= 4 is 11.9 Å². The van der Waals surface area contributed by atoms with E-state index < -0.39 is 17.7 Å². The SMILES string of the molecule is Cc1ccc(-c2c(C)c3c(c(C)c2[C@H](OC(C)(C)C)C(=O)O)CN(C(=N)N2CCCCC2)C3)cc1. The van der Waals surface area contributed by atoms with E-state index in [1.54, 1.807) is 0 Å². The number of nitrogens with zero attached hydrogens (tertiary/aromatic N) is 2. The maximum Gasteiger partial charge on any atom is 0.337 e. The topological polar surface area (TPSA) is 76.9 Å². The molecule has 0 aromatic heterocycles. The third kappa shape index (κ3) is 5.08. The van der Waals surface area contributed by atoms with Crippen LogP contribution in [0, 0.1) is 26.2 Å². The third-order valence-corrected chi connectivity index (χ3v) is 7.27. The minimum absolute atomic E-state index is 0.582. The van der Waals surface area contributed by atoms with Crippen molar-refractivity contribution in [1.29, 1.82) is 5.41 Å². The summed E-state index contributed by atoms with van der Waals surface area (Å²) in [6.45, 7) is 15.0. The van der Waals surface area contributed by atoms with Crippen LogP contribution in [0.25, 0.3) is 11.1 Å². The number of carboxylic acid groups (broad SMARTS) is 1. The first kappa shape index (κ1) is 25.2. The number of aryl methyl sites for hydroxylation is 1. The normalized spacial score (nSPS) is 16.9. The van der Waals surface area contributed by atoms with Crippen LogP contribution in [0.15, 0.2) is 24.3 Å². The highest BCUT2D eigenvalue weighted by molar-refractivity contribution is 5.85. The molecule has 2 aromatic rings. The molecule has 4 rings (SSSR count). The van der Waals surface area contributed by atoms with Crippen molar-refractivity contribution < 1.29 is 14.6 Å². The van der Waals surface area contributed by atoms with Gasteiger partial charge in [0.1, 0.15) is 0 Å². The third-order valence-electron chi connectivity index (χ3n) is 7.27. The van der Waals surface area contributed by atoms with Crippen molar-refractivity contribution in [2.24, 2.45) is 0 Å². The lowest BCUT2D eigenvalue weighted by atomic mass is 9.83. The predicted octanol–water partition coefficient (Wildman–Crippen LogP) is 5.96. The summed E-state index contributed by atoms with van der Waals surface area (Å²) in [7, 11) is 0. The Bertz CT molecular complexity index is 1130. The number of ether oxygens (including phenoxy) is 1. The highest BCUT2D eigenvalue weighted by Gasteiger charge is 2.36. The van der Waals surface area contributed by atoms with Crippen molar-refractivity contribution in [3.8, 4) is 11.1 Å². The van der Waals surface area contributed by atoms with Gasteiger partial charge in [0.2, 0.25) is 0 Å². The van der Waals surface area contributed by atoms with Crippen LogP contribution < -0.4 is 0 Å². The zero-order valence-corrected chi connectivity index (χ0v) is 22.0. The zero-order valence-electron chi connectivity index (χ0n) is 22.0. The molecule has 0 saturated carbocycles. The molecule has 6 heteroatoms. The molecule has 2 aromatic carbocycles. The van der Waals surface area contributed by atoms with Crippen LogP contribution in [-0.2, 0) is 22.6 Å². The highest BCUT2D eigenvalue weighted by Crippen LogP contribution is 2.43. The summed E-state index contributed by atoms with van der Waals surface area (Å²) in [6.07, 6.45) is 2.42. The van der Waals surface area contributed by atoms with Gasteiger partial charge >= 0.3 is 5.97 Å². The molecule has 1 fully saturated rings. The molecule has 1 atom stereocenters. The molecule has 0 aliphatic carbocycles. The molecular weight excluding hydrogens is 438 g/mol. The smallest absolute Gasteiger partial charge is 0.337 e. The van der Waals surface area contributed by atoms with Crippen molar-refractivity contribution in [3.05, 3.63) is 57.6 Å². The van der Waals surface area contributed by atoms with Crippen molar-refractivity contribution in [2.45, 2.75) is 85.6 Å². The van der Waals surface area contributed by atoms with Crippen LogP contribution in [0.3, 0.4) is 0 Å². The van der Waals surface area contributed by atoms with Crippen molar-refractivity contribution in [2.75, 3.05) is 13.1 Å². The number of guanidine groups is 1. The number of fused-ring (bicyclic) bond motifs is 1. The molecule has 2 aliphatic heterocycles. The lowest BCUT2D eigenvalue weighted by molar-refractivity contribution is -0.160. The van der Waals surface area contributed by atoms with E-state index in [9.17, 15) is 9.90 Å². The first-order valence-electron chi connectivity index (χ1n) is 12.7. The van der Waals surface area contributed by atoms with Crippen LogP contribution in [0.5, 0.6) is 0 Å². The second-order valence-electron chi connectivity index (χ2n) is 11.0. The number of rotatable bonds is 4. The minimum atomic E-state index is -1.08. The number of likely N-dealkylation sites (tertiary alicyclic amines) is 1. The van der Waals surface area contributed by atoms with Crippen LogP contribution in [0.1, 0.15) is 79.5 Å². The summed E-state index contributed by atoms with van der Waals surface area (Å²) in [5, 5.41) is 19.2. The van der Waals surface area contributed by atoms with Gasteiger partial charge in [0.05, 0.1) is 5.60 Å². The first-order chi connectivity index (χ1) is 16.5. The number of piperidine rings is 1. The molecular formula is C29H39N3O3. The van der Waals surface area contributed by atoms with E-state index in [1.807, 2.05) is 27.7 Å². The minimum Gasteiger partial charge on any atom is -0.479 e. The molecule has 0 amide bonds. The Morgan fingerprint density at radius 1 is 0.943 bits per heavy atom. The number of hydrogen-bond acceptors (Lipinski definition) is 3. The Hall–Kier alpha value is -2.86. The van der Waals surface area contributed by atoms with Crippen molar-refractivity contribution in [1.82, 2.24) is 9.80 Å². The first-order valence-corrected chi connectivity index (χ1v) is 12.7. The lowest BCUT2D eigenvalue weighted by Gasteiger charge is -2.33. The van der Waals surface area contributed by atoms with Gasteiger partial charge in [-0.1, -0.05) is 29.8 Å². The average Bonchev–Trinajstić information content (AvgIpc) is 3.26. The molecule has 2 heterocycles. The summed E-state index contributed by atoms with van der Waals surface area (Å²) in [5.41, 5.74) is 7.63. The number of carbonyl (C=O) groups is 1. The molecule has 2 N–H and O–H groups in total. The quantitative estimate of drug-likeness (QED) is 0.420. The highest BCUT2D eigenvalue weighted by atomic mass is 16.5. The molecule has 2 aliphatic rings. The van der Waals surface area contributed by atoms with E-state index >= 15 is 0 Å². The van der Waals surface area contributed by atoms with Gasteiger partial charge in [0.15, 0.2) is 12.1 Å². The fourth-order valence-corrected chi connectivity index (χ4v) is 5.48. The summed E-state index contributed by atoms with van der Waals surface area (Å²) in [6, 6.07) is 8.29. The predicted molar refractivity (Wildman–Crippen MR) is 140 cm³/mol. The molecule has 0 spiro atoms. The van der Waals surface area contributed by atoms with Gasteiger partial charge in [0, 0.05) is 31.7 Å². The monoisotopic (exact) mass is 477 g/mol. The van der Waals surface area contributed by atoms with E-state index in [4.69, 9.17) is 10.1 Å². The number of hydrogen-bond donors (Lipinski definition) is 2. The molecule has 6 nitrogen and oxygen atoms in total. The Morgan fingerprint density at radius 2 is 1.51 bits per heavy atom. The van der Waals surface area contributed by atoms with Crippen LogP contribution in [0.4, 0.5) is 0 Å². The maximum atomic E-state index is 12.6. The summed E-state index contributed by atoms with van der Waals surface area (Å²) in [4.78, 5) is 16.9. The Morgan fingerprint density at radius 3 is 2.06 bits per heavy atom. The zero-order chi connectivity index (χ0) is 25.5. The number of aliphatic carboxylic acids is 1. The van der Waals surface area contributed by atoms with Gasteiger partial charge in [-0.2, -0.15) is 0 Å². The summed E-state index contributed by atoms with van der Waals surface area (Å²) in [5.74, 6) is -0.398. The Kier molecular flexibility index (Phi) is 6.96. The van der Waals surface area contributed by atoms with E-state index in [2.05, 4.69) is 47.9 Å². The van der Waals surface area contributed by atoms with Gasteiger partial charge in [-0.15, -0.1) is 0 Å². The maximum absolute atomic E-state index is 12.6. The second-order valence-corrected chi connectivity index (χ2v) is 11.0.